The minimum atomic E-state index is -1.03. The average molecular weight is 320 g/mol. The number of carbonyl (C=O) groups is 3. The molecule has 1 aromatic carbocycles. The molecular weight excluding hydrogens is 300 g/mol. The van der Waals surface area contributed by atoms with E-state index in [4.69, 9.17) is 14.6 Å². The maximum absolute atomic E-state index is 12.1. The number of aromatic carboxylic acids is 1. The first-order chi connectivity index (χ1) is 10.8. The summed E-state index contributed by atoms with van der Waals surface area (Å²) in [4.78, 5) is 34.9. The summed E-state index contributed by atoms with van der Waals surface area (Å²) in [5, 5.41) is 8.90. The van der Waals surface area contributed by atoms with Crippen LogP contribution in [0.25, 0.3) is 0 Å². The fourth-order valence-corrected chi connectivity index (χ4v) is 2.19. The van der Waals surface area contributed by atoms with Crippen molar-refractivity contribution in [3.63, 3.8) is 0 Å². The summed E-state index contributed by atoms with van der Waals surface area (Å²) in [5.74, 6) is -2.45. The molecule has 6 heteroatoms. The molecule has 1 rings (SSSR count). The lowest BCUT2D eigenvalue weighted by molar-refractivity contribution is -0.139. The van der Waals surface area contributed by atoms with Gasteiger partial charge in [0.2, 0.25) is 0 Å². The van der Waals surface area contributed by atoms with E-state index in [0.29, 0.717) is 5.56 Å². The Kier molecular flexibility index (Phi) is 6.50. The molecule has 0 aliphatic heterocycles. The normalized spacial score (nSPS) is 11.7. The minimum absolute atomic E-state index is 0.148. The lowest BCUT2D eigenvalue weighted by atomic mass is 9.92. The molecule has 124 valence electrons. The van der Waals surface area contributed by atoms with Gasteiger partial charge < -0.3 is 14.6 Å². The molecule has 0 heterocycles. The number of carbonyl (C=O) groups excluding carboxylic acids is 2. The van der Waals surface area contributed by atoms with Crippen molar-refractivity contribution in [2.75, 3.05) is 14.2 Å². The Morgan fingerprint density at radius 3 is 1.91 bits per heavy atom. The number of hydrogen-bond acceptors (Lipinski definition) is 5. The van der Waals surface area contributed by atoms with Crippen LogP contribution >= 0.6 is 0 Å². The van der Waals surface area contributed by atoms with Crippen molar-refractivity contribution in [2.24, 2.45) is 5.92 Å². The average Bonchev–Trinajstić information content (AvgIpc) is 2.53. The van der Waals surface area contributed by atoms with Crippen LogP contribution in [0, 0.1) is 5.92 Å². The second-order valence-corrected chi connectivity index (χ2v) is 5.21. The number of carboxylic acid groups (broad SMARTS) is 1. The van der Waals surface area contributed by atoms with E-state index >= 15 is 0 Å². The number of esters is 2. The molecule has 0 aliphatic rings. The second kappa shape index (κ2) is 8.12. The first-order valence-corrected chi connectivity index (χ1v) is 7.03. The van der Waals surface area contributed by atoms with Crippen LogP contribution in [0.1, 0.15) is 29.8 Å². The molecule has 1 N–H and O–H groups in total. The Hall–Kier alpha value is -2.63. The standard InChI is InChI=1S/C17H20O6/c1-10(2)14(17(21)23-4)13(16(20)22-3)9-11-5-7-12(8-6-11)15(18)19/h5-8,10H,9H2,1-4H3,(H,18,19)/b14-13-. The third-order valence-corrected chi connectivity index (χ3v) is 3.32. The highest BCUT2D eigenvalue weighted by atomic mass is 16.5. The van der Waals surface area contributed by atoms with Gasteiger partial charge in [0.25, 0.3) is 0 Å². The summed E-state index contributed by atoms with van der Waals surface area (Å²) < 4.78 is 9.53. The first kappa shape index (κ1) is 18.4. The molecule has 0 radical (unpaired) electrons. The van der Waals surface area contributed by atoms with Gasteiger partial charge in [-0.25, -0.2) is 14.4 Å². The van der Waals surface area contributed by atoms with E-state index in [0.717, 1.165) is 0 Å². The lowest BCUT2D eigenvalue weighted by Crippen LogP contribution is -2.20. The van der Waals surface area contributed by atoms with E-state index in [9.17, 15) is 14.4 Å². The fraction of sp³-hybridized carbons (Fsp3) is 0.353. The predicted octanol–water partition coefficient (Wildman–Crippen LogP) is 2.23. The van der Waals surface area contributed by atoms with Crippen molar-refractivity contribution in [1.82, 2.24) is 0 Å². The van der Waals surface area contributed by atoms with Gasteiger partial charge in [-0.05, 0) is 23.6 Å². The second-order valence-electron chi connectivity index (χ2n) is 5.21. The molecule has 0 fully saturated rings. The lowest BCUT2D eigenvalue weighted by Gasteiger charge is -2.15. The number of benzene rings is 1. The molecule has 0 unspecified atom stereocenters. The quantitative estimate of drug-likeness (QED) is 0.638. The summed E-state index contributed by atoms with van der Waals surface area (Å²) in [6.45, 7) is 3.56. The molecule has 0 saturated carbocycles. The van der Waals surface area contributed by atoms with Gasteiger partial charge in [0.05, 0.1) is 30.9 Å². The van der Waals surface area contributed by atoms with Gasteiger partial charge >= 0.3 is 17.9 Å². The molecule has 0 saturated heterocycles. The zero-order chi connectivity index (χ0) is 17.6. The summed E-state index contributed by atoms with van der Waals surface area (Å²) in [5.41, 5.74) is 1.30. The van der Waals surface area contributed by atoms with Crippen LogP contribution in [-0.2, 0) is 25.5 Å². The first-order valence-electron chi connectivity index (χ1n) is 7.03. The van der Waals surface area contributed by atoms with Crippen molar-refractivity contribution < 1.29 is 29.0 Å². The smallest absolute Gasteiger partial charge is 0.335 e. The Labute approximate surface area is 134 Å². The highest BCUT2D eigenvalue weighted by molar-refractivity contribution is 6.01. The molecule has 0 amide bonds. The summed E-state index contributed by atoms with van der Waals surface area (Å²) >= 11 is 0. The van der Waals surface area contributed by atoms with Crippen LogP contribution in [0.3, 0.4) is 0 Å². The molecule has 6 nitrogen and oxygen atoms in total. The van der Waals surface area contributed by atoms with Crippen LogP contribution < -0.4 is 0 Å². The molecule has 0 aliphatic carbocycles. The molecule has 1 aromatic rings. The summed E-state index contributed by atoms with van der Waals surface area (Å²) in [6, 6.07) is 6.09. The van der Waals surface area contributed by atoms with Crippen LogP contribution in [0.4, 0.5) is 0 Å². The molecule has 23 heavy (non-hydrogen) atoms. The van der Waals surface area contributed by atoms with E-state index in [1.165, 1.54) is 26.4 Å². The summed E-state index contributed by atoms with van der Waals surface area (Å²) in [6.07, 6.45) is 0.148. The van der Waals surface area contributed by atoms with Crippen LogP contribution in [-0.4, -0.2) is 37.2 Å². The van der Waals surface area contributed by atoms with Crippen molar-refractivity contribution in [3.8, 4) is 0 Å². The molecule has 0 aromatic heterocycles. The van der Waals surface area contributed by atoms with Gasteiger partial charge in [-0.3, -0.25) is 0 Å². The Balaban J connectivity index is 3.28. The van der Waals surface area contributed by atoms with Gasteiger partial charge in [0, 0.05) is 6.42 Å². The van der Waals surface area contributed by atoms with Crippen molar-refractivity contribution in [3.05, 3.63) is 46.5 Å². The zero-order valence-corrected chi connectivity index (χ0v) is 13.6. The van der Waals surface area contributed by atoms with E-state index < -0.39 is 17.9 Å². The van der Waals surface area contributed by atoms with Gasteiger partial charge in [0.1, 0.15) is 0 Å². The fourth-order valence-electron chi connectivity index (χ4n) is 2.19. The largest absolute Gasteiger partial charge is 0.478 e. The van der Waals surface area contributed by atoms with Gasteiger partial charge in [-0.1, -0.05) is 26.0 Å². The Bertz CT molecular complexity index is 625. The monoisotopic (exact) mass is 320 g/mol. The number of hydrogen-bond donors (Lipinski definition) is 1. The van der Waals surface area contributed by atoms with Gasteiger partial charge in [0.15, 0.2) is 0 Å². The SMILES string of the molecule is COC(=O)/C(Cc1ccc(C(=O)O)cc1)=C(\C(=O)OC)C(C)C. The Morgan fingerprint density at radius 2 is 1.52 bits per heavy atom. The van der Waals surface area contributed by atoms with Crippen LogP contribution in [0.15, 0.2) is 35.4 Å². The zero-order valence-electron chi connectivity index (χ0n) is 13.6. The summed E-state index contributed by atoms with van der Waals surface area (Å²) in [7, 11) is 2.49. The predicted molar refractivity (Wildman–Crippen MR) is 83.0 cm³/mol. The molecule has 0 spiro atoms. The van der Waals surface area contributed by atoms with Crippen LogP contribution in [0.2, 0.25) is 0 Å². The van der Waals surface area contributed by atoms with Crippen molar-refractivity contribution >= 4 is 17.9 Å². The van der Waals surface area contributed by atoms with Gasteiger partial charge in [-0.15, -0.1) is 0 Å². The van der Waals surface area contributed by atoms with Crippen LogP contribution in [0.5, 0.6) is 0 Å². The third kappa shape index (κ3) is 4.67. The Morgan fingerprint density at radius 1 is 1.00 bits per heavy atom. The molecular formula is C17H20O6. The number of carboxylic acids is 1. The van der Waals surface area contributed by atoms with E-state index in [-0.39, 0.29) is 29.0 Å². The van der Waals surface area contributed by atoms with E-state index in [1.807, 2.05) is 0 Å². The third-order valence-electron chi connectivity index (χ3n) is 3.32. The number of ether oxygens (including phenoxy) is 2. The number of rotatable bonds is 6. The number of methoxy groups -OCH3 is 2. The van der Waals surface area contributed by atoms with Crippen molar-refractivity contribution in [2.45, 2.75) is 20.3 Å². The van der Waals surface area contributed by atoms with Gasteiger partial charge in [-0.2, -0.15) is 0 Å². The highest BCUT2D eigenvalue weighted by Crippen LogP contribution is 2.22. The molecule has 0 atom stereocenters. The maximum atomic E-state index is 12.1. The molecule has 0 bridgehead atoms. The van der Waals surface area contributed by atoms with E-state index in [2.05, 4.69) is 0 Å². The highest BCUT2D eigenvalue weighted by Gasteiger charge is 2.25. The minimum Gasteiger partial charge on any atom is -0.478 e. The maximum Gasteiger partial charge on any atom is 0.335 e. The van der Waals surface area contributed by atoms with E-state index in [1.54, 1.807) is 26.0 Å². The topological polar surface area (TPSA) is 89.9 Å². The van der Waals surface area contributed by atoms with Crippen molar-refractivity contribution in [1.29, 1.82) is 0 Å².